The molecule has 1 aromatic rings. The quantitative estimate of drug-likeness (QED) is 0.917. The molecule has 2 amide bonds. The van der Waals surface area contributed by atoms with Crippen LogP contribution in [0.4, 0.5) is 5.69 Å². The molecule has 0 bridgehead atoms. The minimum atomic E-state index is 0.0308. The Hall–Kier alpha value is -2.04. The molecule has 5 heteroatoms. The Kier molecular flexibility index (Phi) is 5.07. The lowest BCUT2D eigenvalue weighted by atomic mass is 9.85. The van der Waals surface area contributed by atoms with Crippen molar-refractivity contribution in [3.63, 3.8) is 0 Å². The van der Waals surface area contributed by atoms with Gasteiger partial charge in [-0.15, -0.1) is 0 Å². The molecule has 3 rings (SSSR count). The van der Waals surface area contributed by atoms with Gasteiger partial charge in [-0.1, -0.05) is 18.6 Å². The first-order chi connectivity index (χ1) is 11.6. The van der Waals surface area contributed by atoms with Gasteiger partial charge in [0.25, 0.3) is 0 Å². The third-order valence-electron chi connectivity index (χ3n) is 5.44. The number of rotatable bonds is 4. The summed E-state index contributed by atoms with van der Waals surface area (Å²) in [6.45, 7) is 7.52. The average molecular weight is 329 g/mol. The average Bonchev–Trinajstić information content (AvgIpc) is 2.54. The van der Waals surface area contributed by atoms with E-state index in [2.05, 4.69) is 42.3 Å². The zero-order valence-electron chi connectivity index (χ0n) is 14.7. The zero-order valence-corrected chi connectivity index (χ0v) is 14.7. The second kappa shape index (κ2) is 7.24. The van der Waals surface area contributed by atoms with E-state index in [0.29, 0.717) is 13.1 Å². The van der Waals surface area contributed by atoms with Crippen molar-refractivity contribution in [1.82, 2.24) is 10.2 Å². The van der Waals surface area contributed by atoms with Gasteiger partial charge >= 0.3 is 0 Å². The van der Waals surface area contributed by atoms with Crippen LogP contribution in [0.25, 0.3) is 0 Å². The number of hydrogen-bond acceptors (Lipinski definition) is 3. The number of aryl methyl sites for hydroxylation is 1. The van der Waals surface area contributed by atoms with Crippen molar-refractivity contribution in [2.45, 2.75) is 33.1 Å². The van der Waals surface area contributed by atoms with Gasteiger partial charge < -0.3 is 15.1 Å². The Bertz CT molecular complexity index is 617. The SMILES string of the molecule is Cc1cccc(N2CCN(C(=O)CNC(=O)C3CCC3)CC2)c1C. The standard InChI is InChI=1S/C19H27N3O2/c1-14-5-3-8-17(15(14)2)21-9-11-22(12-10-21)18(23)13-20-19(24)16-6-4-7-16/h3,5,8,16H,4,6-7,9-13H2,1-2H3,(H,20,24). The highest BCUT2D eigenvalue weighted by atomic mass is 16.2. The molecule has 1 heterocycles. The molecule has 1 aliphatic carbocycles. The molecule has 0 unspecified atom stereocenters. The first-order valence-corrected chi connectivity index (χ1v) is 8.93. The lowest BCUT2D eigenvalue weighted by Gasteiger charge is -2.37. The Morgan fingerprint density at radius 2 is 1.83 bits per heavy atom. The molecular weight excluding hydrogens is 302 g/mol. The van der Waals surface area contributed by atoms with Gasteiger partial charge in [0, 0.05) is 37.8 Å². The summed E-state index contributed by atoms with van der Waals surface area (Å²) in [6.07, 6.45) is 3.06. The number of piperazine rings is 1. The van der Waals surface area contributed by atoms with Crippen molar-refractivity contribution < 1.29 is 9.59 Å². The minimum Gasteiger partial charge on any atom is -0.368 e. The largest absolute Gasteiger partial charge is 0.368 e. The summed E-state index contributed by atoms with van der Waals surface area (Å²) in [5.74, 6) is 0.214. The van der Waals surface area contributed by atoms with Crippen LogP contribution in [-0.2, 0) is 9.59 Å². The van der Waals surface area contributed by atoms with Gasteiger partial charge in [0.05, 0.1) is 6.54 Å². The van der Waals surface area contributed by atoms with Crippen LogP contribution in [0.1, 0.15) is 30.4 Å². The summed E-state index contributed by atoms with van der Waals surface area (Å²) in [4.78, 5) is 28.3. The molecule has 1 saturated heterocycles. The molecule has 0 aromatic heterocycles. The number of nitrogens with zero attached hydrogens (tertiary/aromatic N) is 2. The molecule has 5 nitrogen and oxygen atoms in total. The molecule has 2 aliphatic rings. The van der Waals surface area contributed by atoms with Gasteiger partial charge in [0.2, 0.25) is 11.8 Å². The van der Waals surface area contributed by atoms with Crippen LogP contribution in [0, 0.1) is 19.8 Å². The molecule has 1 aliphatic heterocycles. The monoisotopic (exact) mass is 329 g/mol. The van der Waals surface area contributed by atoms with Gasteiger partial charge in [0.1, 0.15) is 0 Å². The molecule has 130 valence electrons. The van der Waals surface area contributed by atoms with Crippen molar-refractivity contribution in [3.05, 3.63) is 29.3 Å². The number of nitrogens with one attached hydrogen (secondary N) is 1. The fourth-order valence-electron chi connectivity index (χ4n) is 3.36. The van der Waals surface area contributed by atoms with Crippen LogP contribution in [-0.4, -0.2) is 49.4 Å². The molecule has 1 aromatic carbocycles. The minimum absolute atomic E-state index is 0.0308. The predicted octanol–water partition coefficient (Wildman–Crippen LogP) is 1.87. The summed E-state index contributed by atoms with van der Waals surface area (Å²) >= 11 is 0. The van der Waals surface area contributed by atoms with Crippen LogP contribution in [0.15, 0.2) is 18.2 Å². The second-order valence-electron chi connectivity index (χ2n) is 6.93. The first kappa shape index (κ1) is 16.8. The molecule has 1 saturated carbocycles. The van der Waals surface area contributed by atoms with Crippen molar-refractivity contribution in [2.75, 3.05) is 37.6 Å². The molecule has 0 radical (unpaired) electrons. The maximum absolute atomic E-state index is 12.3. The lowest BCUT2D eigenvalue weighted by Crippen LogP contribution is -2.52. The van der Waals surface area contributed by atoms with Crippen LogP contribution >= 0.6 is 0 Å². The number of carbonyl (C=O) groups is 2. The Balaban J connectivity index is 1.48. The third-order valence-corrected chi connectivity index (χ3v) is 5.44. The van der Waals surface area contributed by atoms with Crippen LogP contribution in [0.2, 0.25) is 0 Å². The smallest absolute Gasteiger partial charge is 0.242 e. The fourth-order valence-corrected chi connectivity index (χ4v) is 3.36. The summed E-state index contributed by atoms with van der Waals surface area (Å²) in [6, 6.07) is 6.37. The molecule has 0 spiro atoms. The van der Waals surface area contributed by atoms with E-state index >= 15 is 0 Å². The van der Waals surface area contributed by atoms with E-state index in [0.717, 1.165) is 32.4 Å². The van der Waals surface area contributed by atoms with Gasteiger partial charge in [0.15, 0.2) is 0 Å². The van der Waals surface area contributed by atoms with Crippen molar-refractivity contribution in [1.29, 1.82) is 0 Å². The first-order valence-electron chi connectivity index (χ1n) is 8.93. The lowest BCUT2D eigenvalue weighted by molar-refractivity contribution is -0.135. The van der Waals surface area contributed by atoms with E-state index in [-0.39, 0.29) is 24.3 Å². The van der Waals surface area contributed by atoms with Crippen molar-refractivity contribution in [3.8, 4) is 0 Å². The maximum atomic E-state index is 12.3. The molecule has 0 atom stereocenters. The molecule has 2 fully saturated rings. The molecular formula is C19H27N3O2. The topological polar surface area (TPSA) is 52.6 Å². The number of hydrogen-bond donors (Lipinski definition) is 1. The zero-order chi connectivity index (χ0) is 17.1. The summed E-state index contributed by atoms with van der Waals surface area (Å²) in [5.41, 5.74) is 3.87. The van der Waals surface area contributed by atoms with E-state index in [4.69, 9.17) is 0 Å². The molecule has 1 N–H and O–H groups in total. The second-order valence-corrected chi connectivity index (χ2v) is 6.93. The molecule has 24 heavy (non-hydrogen) atoms. The normalized spacial score (nSPS) is 18.2. The summed E-state index contributed by atoms with van der Waals surface area (Å²) in [5, 5.41) is 2.80. The van der Waals surface area contributed by atoms with Crippen LogP contribution in [0.5, 0.6) is 0 Å². The van der Waals surface area contributed by atoms with E-state index in [1.807, 2.05) is 4.90 Å². The van der Waals surface area contributed by atoms with Crippen molar-refractivity contribution in [2.24, 2.45) is 5.92 Å². The van der Waals surface area contributed by atoms with Gasteiger partial charge in [-0.05, 0) is 43.9 Å². The van der Waals surface area contributed by atoms with E-state index in [1.165, 1.54) is 16.8 Å². The van der Waals surface area contributed by atoms with E-state index in [1.54, 1.807) is 0 Å². The number of benzene rings is 1. The van der Waals surface area contributed by atoms with Gasteiger partial charge in [-0.2, -0.15) is 0 Å². The fraction of sp³-hybridized carbons (Fsp3) is 0.579. The van der Waals surface area contributed by atoms with Gasteiger partial charge in [-0.3, -0.25) is 9.59 Å². The number of carbonyl (C=O) groups excluding carboxylic acids is 2. The summed E-state index contributed by atoms with van der Waals surface area (Å²) < 4.78 is 0. The predicted molar refractivity (Wildman–Crippen MR) is 95.1 cm³/mol. The maximum Gasteiger partial charge on any atom is 0.242 e. The van der Waals surface area contributed by atoms with Crippen LogP contribution in [0.3, 0.4) is 0 Å². The Morgan fingerprint density at radius 3 is 2.46 bits per heavy atom. The Morgan fingerprint density at radius 1 is 1.12 bits per heavy atom. The highest BCUT2D eigenvalue weighted by Crippen LogP contribution is 2.26. The highest BCUT2D eigenvalue weighted by Gasteiger charge is 2.27. The summed E-state index contributed by atoms with van der Waals surface area (Å²) in [7, 11) is 0. The van der Waals surface area contributed by atoms with E-state index in [9.17, 15) is 9.59 Å². The van der Waals surface area contributed by atoms with Crippen LogP contribution < -0.4 is 10.2 Å². The Labute approximate surface area is 144 Å². The highest BCUT2D eigenvalue weighted by molar-refractivity contribution is 5.86. The van der Waals surface area contributed by atoms with E-state index < -0.39 is 0 Å². The number of amides is 2. The number of anilines is 1. The van der Waals surface area contributed by atoms with Crippen molar-refractivity contribution >= 4 is 17.5 Å². The van der Waals surface area contributed by atoms with Gasteiger partial charge in [-0.25, -0.2) is 0 Å². The third kappa shape index (κ3) is 3.55.